The van der Waals surface area contributed by atoms with E-state index < -0.39 is 0 Å². The second-order valence-corrected chi connectivity index (χ2v) is 5.17. The Balaban J connectivity index is 2.37. The molecule has 1 aromatic carbocycles. The molecule has 0 aliphatic heterocycles. The third-order valence-corrected chi connectivity index (χ3v) is 3.70. The van der Waals surface area contributed by atoms with Crippen LogP contribution >= 0.6 is 35.0 Å². The summed E-state index contributed by atoms with van der Waals surface area (Å²) < 4.78 is 0. The molecule has 0 spiro atoms. The van der Waals surface area contributed by atoms with E-state index in [0.717, 1.165) is 10.6 Å². The van der Waals surface area contributed by atoms with Crippen molar-refractivity contribution in [3.05, 3.63) is 40.4 Å². The largest absolute Gasteiger partial charge is 0.382 e. The van der Waals surface area contributed by atoms with E-state index in [9.17, 15) is 0 Å². The lowest BCUT2D eigenvalue weighted by Gasteiger charge is -2.11. The summed E-state index contributed by atoms with van der Waals surface area (Å²) in [5.74, 6) is 0.755. The third-order valence-electron chi connectivity index (χ3n) is 2.32. The normalized spacial score (nSPS) is 10.4. The lowest BCUT2D eigenvalue weighted by Crippen LogP contribution is -1.99. The highest BCUT2D eigenvalue weighted by Gasteiger charge is 2.09. The van der Waals surface area contributed by atoms with E-state index >= 15 is 0 Å². The molecule has 0 amide bonds. The molecule has 6 heteroatoms. The second kappa shape index (κ2) is 5.69. The molecule has 18 heavy (non-hydrogen) atoms. The maximum absolute atomic E-state index is 6.08. The van der Waals surface area contributed by atoms with Gasteiger partial charge in [0.25, 0.3) is 0 Å². The van der Waals surface area contributed by atoms with Gasteiger partial charge in [0.15, 0.2) is 5.82 Å². The Morgan fingerprint density at radius 1 is 1.22 bits per heavy atom. The van der Waals surface area contributed by atoms with Gasteiger partial charge in [-0.1, -0.05) is 35.3 Å². The smallest absolute Gasteiger partial charge is 0.151 e. The van der Waals surface area contributed by atoms with Crippen LogP contribution in [0, 0.1) is 0 Å². The van der Waals surface area contributed by atoms with Gasteiger partial charge in [0.05, 0.1) is 15.7 Å². The summed E-state index contributed by atoms with van der Waals surface area (Å²) in [5, 5.41) is 3.94. The van der Waals surface area contributed by atoms with E-state index in [4.69, 9.17) is 28.9 Å². The van der Waals surface area contributed by atoms with Crippen molar-refractivity contribution in [2.45, 2.75) is 4.90 Å². The van der Waals surface area contributed by atoms with Gasteiger partial charge < -0.3 is 11.1 Å². The molecule has 0 radical (unpaired) electrons. The first-order chi connectivity index (χ1) is 8.61. The number of thioether (sulfide) groups is 1. The summed E-state index contributed by atoms with van der Waals surface area (Å²) in [6.07, 6.45) is 2.01. The Morgan fingerprint density at radius 3 is 2.67 bits per heavy atom. The quantitative estimate of drug-likeness (QED) is 0.823. The van der Waals surface area contributed by atoms with Gasteiger partial charge in [-0.3, -0.25) is 0 Å². The molecule has 2 aromatic rings. The first-order valence-corrected chi connectivity index (χ1v) is 7.11. The van der Waals surface area contributed by atoms with Gasteiger partial charge in [0.1, 0.15) is 5.82 Å². The van der Waals surface area contributed by atoms with E-state index in [1.54, 1.807) is 17.8 Å². The minimum atomic E-state index is 0.255. The fourth-order valence-electron chi connectivity index (χ4n) is 1.44. The standard InChI is InChI=1S/C12H11Cl2N3S/c1-18-10-5-3-2-4-9(10)16-12-8(14)6-7(13)11(15)17-12/h2-6H,1H3,(H3,15,16,17). The first-order valence-electron chi connectivity index (χ1n) is 5.13. The molecule has 0 aliphatic carbocycles. The molecule has 0 bridgehead atoms. The molecule has 0 fully saturated rings. The number of hydrogen-bond acceptors (Lipinski definition) is 4. The predicted molar refractivity (Wildman–Crippen MR) is 80.2 cm³/mol. The number of para-hydroxylation sites is 1. The minimum absolute atomic E-state index is 0.255. The Bertz CT molecular complexity index is 575. The average Bonchev–Trinajstić information content (AvgIpc) is 2.36. The summed E-state index contributed by atoms with van der Waals surface area (Å²) in [7, 11) is 0. The van der Waals surface area contributed by atoms with Crippen molar-refractivity contribution in [1.82, 2.24) is 4.98 Å². The van der Waals surface area contributed by atoms with Gasteiger partial charge in [0, 0.05) is 4.90 Å². The van der Waals surface area contributed by atoms with Crippen molar-refractivity contribution < 1.29 is 0 Å². The molecule has 1 heterocycles. The highest BCUT2D eigenvalue weighted by atomic mass is 35.5. The molecule has 1 aromatic heterocycles. The van der Waals surface area contributed by atoms with E-state index in [0.29, 0.717) is 15.9 Å². The monoisotopic (exact) mass is 299 g/mol. The number of nitrogens with two attached hydrogens (primary N) is 1. The lowest BCUT2D eigenvalue weighted by atomic mass is 10.3. The van der Waals surface area contributed by atoms with Crippen LogP contribution in [-0.4, -0.2) is 11.2 Å². The number of hydrogen-bond donors (Lipinski definition) is 2. The zero-order valence-electron chi connectivity index (χ0n) is 9.58. The number of nitrogens with zero attached hydrogens (tertiary/aromatic N) is 1. The van der Waals surface area contributed by atoms with Crippen LogP contribution in [0.4, 0.5) is 17.3 Å². The van der Waals surface area contributed by atoms with Crippen LogP contribution in [0.25, 0.3) is 0 Å². The average molecular weight is 300 g/mol. The van der Waals surface area contributed by atoms with Crippen LogP contribution in [0.15, 0.2) is 35.2 Å². The summed E-state index contributed by atoms with van der Waals surface area (Å²) >= 11 is 13.6. The van der Waals surface area contributed by atoms with Gasteiger partial charge in [-0.25, -0.2) is 4.98 Å². The molecule has 0 atom stereocenters. The second-order valence-electron chi connectivity index (χ2n) is 3.51. The highest BCUT2D eigenvalue weighted by Crippen LogP contribution is 2.32. The van der Waals surface area contributed by atoms with Crippen molar-refractivity contribution >= 4 is 52.3 Å². The van der Waals surface area contributed by atoms with E-state index in [1.165, 1.54) is 0 Å². The summed E-state index contributed by atoms with van der Waals surface area (Å²) in [6, 6.07) is 9.46. The van der Waals surface area contributed by atoms with Crippen molar-refractivity contribution in [3.8, 4) is 0 Å². The van der Waals surface area contributed by atoms with Crippen molar-refractivity contribution in [2.75, 3.05) is 17.3 Å². The fourth-order valence-corrected chi connectivity index (χ4v) is 2.40. The highest BCUT2D eigenvalue weighted by molar-refractivity contribution is 7.98. The lowest BCUT2D eigenvalue weighted by molar-refractivity contribution is 1.29. The zero-order valence-corrected chi connectivity index (χ0v) is 11.9. The number of nitrogen functional groups attached to an aromatic ring is 1. The minimum Gasteiger partial charge on any atom is -0.382 e. The SMILES string of the molecule is CSc1ccccc1Nc1nc(N)c(Cl)cc1Cl. The summed E-state index contributed by atoms with van der Waals surface area (Å²) in [6.45, 7) is 0. The number of halogens is 2. The summed E-state index contributed by atoms with van der Waals surface area (Å²) in [5.41, 5.74) is 6.60. The van der Waals surface area contributed by atoms with Crippen LogP contribution in [0.1, 0.15) is 0 Å². The first kappa shape index (κ1) is 13.3. The van der Waals surface area contributed by atoms with Crippen molar-refractivity contribution in [3.63, 3.8) is 0 Å². The Morgan fingerprint density at radius 2 is 1.94 bits per heavy atom. The van der Waals surface area contributed by atoms with Gasteiger partial charge in [-0.05, 0) is 24.5 Å². The maximum Gasteiger partial charge on any atom is 0.151 e. The molecule has 3 nitrogen and oxygen atoms in total. The Labute approximate surface area is 120 Å². The fraction of sp³-hybridized carbons (Fsp3) is 0.0833. The topological polar surface area (TPSA) is 50.9 Å². The van der Waals surface area contributed by atoms with Gasteiger partial charge >= 0.3 is 0 Å². The van der Waals surface area contributed by atoms with Crippen LogP contribution in [0.2, 0.25) is 10.0 Å². The molecular formula is C12H11Cl2N3S. The zero-order chi connectivity index (χ0) is 13.1. The van der Waals surface area contributed by atoms with Crippen LogP contribution in [-0.2, 0) is 0 Å². The molecule has 0 aliphatic rings. The number of benzene rings is 1. The van der Waals surface area contributed by atoms with Gasteiger partial charge in [-0.2, -0.15) is 0 Å². The third kappa shape index (κ3) is 2.83. The molecule has 2 rings (SSSR count). The van der Waals surface area contributed by atoms with Crippen LogP contribution in [0.3, 0.4) is 0 Å². The van der Waals surface area contributed by atoms with Gasteiger partial charge in [-0.15, -0.1) is 11.8 Å². The van der Waals surface area contributed by atoms with Crippen LogP contribution in [0.5, 0.6) is 0 Å². The molecule has 0 unspecified atom stereocenters. The Hall–Kier alpha value is -1.10. The molecule has 94 valence electrons. The van der Waals surface area contributed by atoms with Crippen LogP contribution < -0.4 is 11.1 Å². The summed E-state index contributed by atoms with van der Waals surface area (Å²) in [4.78, 5) is 5.24. The number of anilines is 3. The van der Waals surface area contributed by atoms with Gasteiger partial charge in [0.2, 0.25) is 0 Å². The Kier molecular flexibility index (Phi) is 4.22. The predicted octanol–water partition coefficient (Wildman–Crippen LogP) is 4.44. The number of nitrogens with one attached hydrogen (secondary N) is 1. The number of rotatable bonds is 3. The molecule has 0 saturated heterocycles. The molecule has 3 N–H and O–H groups in total. The molecular weight excluding hydrogens is 289 g/mol. The number of pyridine rings is 1. The maximum atomic E-state index is 6.08. The van der Waals surface area contributed by atoms with E-state index in [-0.39, 0.29) is 5.82 Å². The molecule has 0 saturated carbocycles. The number of aromatic nitrogens is 1. The van der Waals surface area contributed by atoms with Crippen molar-refractivity contribution in [1.29, 1.82) is 0 Å². The van der Waals surface area contributed by atoms with E-state index in [2.05, 4.69) is 10.3 Å². The van der Waals surface area contributed by atoms with Crippen molar-refractivity contribution in [2.24, 2.45) is 0 Å². The van der Waals surface area contributed by atoms with E-state index in [1.807, 2.05) is 30.5 Å².